The summed E-state index contributed by atoms with van der Waals surface area (Å²) in [6.45, 7) is 10.0. The number of nitrogens with zero attached hydrogens (tertiary/aromatic N) is 1. The monoisotopic (exact) mass is 335 g/mol. The van der Waals surface area contributed by atoms with Crippen LogP contribution in [0.1, 0.15) is 45.6 Å². The molecule has 0 aromatic heterocycles. The Morgan fingerprint density at radius 3 is 2.88 bits per heavy atom. The van der Waals surface area contributed by atoms with Crippen LogP contribution in [-0.4, -0.2) is 48.5 Å². The van der Waals surface area contributed by atoms with Gasteiger partial charge in [0.05, 0.1) is 18.8 Å². The highest BCUT2D eigenvalue weighted by Crippen LogP contribution is 2.23. The Morgan fingerprint density at radius 1 is 1.33 bits per heavy atom. The number of benzene rings is 1. The molecule has 4 nitrogen and oxygen atoms in total. The van der Waals surface area contributed by atoms with Gasteiger partial charge in [0.1, 0.15) is 12.4 Å². The zero-order valence-electron chi connectivity index (χ0n) is 15.4. The van der Waals surface area contributed by atoms with E-state index in [0.29, 0.717) is 24.7 Å². The molecule has 136 valence electrons. The van der Waals surface area contributed by atoms with Gasteiger partial charge in [-0.3, -0.25) is 4.90 Å². The summed E-state index contributed by atoms with van der Waals surface area (Å²) >= 11 is 0. The summed E-state index contributed by atoms with van der Waals surface area (Å²) in [6, 6.07) is 8.19. The Bertz CT molecular complexity index is 478. The van der Waals surface area contributed by atoms with Crippen LogP contribution in [0.5, 0.6) is 5.75 Å². The van der Waals surface area contributed by atoms with E-state index in [0.717, 1.165) is 31.8 Å². The fourth-order valence-electron chi connectivity index (χ4n) is 3.19. The molecule has 1 fully saturated rings. The van der Waals surface area contributed by atoms with Crippen LogP contribution in [-0.2, 0) is 11.3 Å². The minimum atomic E-state index is 0.0445. The molecule has 2 rings (SSSR count). The van der Waals surface area contributed by atoms with E-state index in [1.54, 1.807) is 0 Å². The zero-order valence-corrected chi connectivity index (χ0v) is 15.4. The molecule has 0 amide bonds. The van der Waals surface area contributed by atoms with Gasteiger partial charge >= 0.3 is 0 Å². The number of aliphatic hydroxyl groups excluding tert-OH is 1. The molecule has 4 heteroatoms. The second-order valence-corrected chi connectivity index (χ2v) is 7.10. The summed E-state index contributed by atoms with van der Waals surface area (Å²) < 4.78 is 11.8. The van der Waals surface area contributed by atoms with E-state index in [4.69, 9.17) is 14.6 Å². The molecule has 0 aliphatic carbocycles. The van der Waals surface area contributed by atoms with Gasteiger partial charge in [-0.1, -0.05) is 45.7 Å². The van der Waals surface area contributed by atoms with Gasteiger partial charge in [-0.2, -0.15) is 0 Å². The smallest absolute Gasteiger partial charge is 0.119 e. The second-order valence-electron chi connectivity index (χ2n) is 7.10. The number of morpholine rings is 1. The molecule has 2 atom stereocenters. The summed E-state index contributed by atoms with van der Waals surface area (Å²) in [4.78, 5) is 2.51. The molecule has 1 N–H and O–H groups in total. The zero-order chi connectivity index (χ0) is 17.4. The lowest BCUT2D eigenvalue weighted by Gasteiger charge is -2.40. The van der Waals surface area contributed by atoms with Crippen molar-refractivity contribution in [3.63, 3.8) is 0 Å². The summed E-state index contributed by atoms with van der Waals surface area (Å²) in [5.74, 6) is 1.37. The molecule has 0 unspecified atom stereocenters. The first-order chi connectivity index (χ1) is 11.6. The van der Waals surface area contributed by atoms with E-state index in [1.165, 1.54) is 18.4 Å². The molecule has 0 saturated carbocycles. The lowest BCUT2D eigenvalue weighted by molar-refractivity contribution is -0.108. The first-order valence-corrected chi connectivity index (χ1v) is 9.32. The Balaban J connectivity index is 1.98. The summed E-state index contributed by atoms with van der Waals surface area (Å²) in [5, 5.41) is 8.89. The lowest BCUT2D eigenvalue weighted by atomic mass is 10.0. The number of unbranched alkanes of at least 4 members (excludes halogenated alkanes) is 1. The van der Waals surface area contributed by atoms with Crippen LogP contribution in [0.15, 0.2) is 24.3 Å². The van der Waals surface area contributed by atoms with Gasteiger partial charge < -0.3 is 14.6 Å². The van der Waals surface area contributed by atoms with E-state index >= 15 is 0 Å². The van der Waals surface area contributed by atoms with Gasteiger partial charge in [0, 0.05) is 19.6 Å². The third-order valence-corrected chi connectivity index (χ3v) is 4.56. The van der Waals surface area contributed by atoms with Gasteiger partial charge in [0.2, 0.25) is 0 Å². The highest BCUT2D eigenvalue weighted by atomic mass is 16.5. The fraction of sp³-hybridized carbons (Fsp3) is 0.700. The van der Waals surface area contributed by atoms with Crippen LogP contribution < -0.4 is 4.74 Å². The van der Waals surface area contributed by atoms with E-state index in [2.05, 4.69) is 37.8 Å². The Labute approximate surface area is 146 Å². The molecule has 1 saturated heterocycles. The van der Waals surface area contributed by atoms with Crippen molar-refractivity contribution in [2.45, 2.75) is 58.8 Å². The van der Waals surface area contributed by atoms with Crippen molar-refractivity contribution in [2.75, 3.05) is 26.3 Å². The van der Waals surface area contributed by atoms with Crippen molar-refractivity contribution in [2.24, 2.45) is 5.92 Å². The standard InChI is InChI=1S/C20H33NO3/c1-4-5-8-19-14-21(15-20(24-19)16(2)3)13-17-7-6-9-18(12-17)23-11-10-22/h6-7,9,12,16,19-20,22H,4-5,8,10-11,13-15H2,1-3H3/t19-,20-/m1/s1. The minimum Gasteiger partial charge on any atom is -0.491 e. The first-order valence-electron chi connectivity index (χ1n) is 9.32. The number of hydrogen-bond donors (Lipinski definition) is 1. The molecule has 1 heterocycles. The van der Waals surface area contributed by atoms with Gasteiger partial charge in [0.15, 0.2) is 0 Å². The fourth-order valence-corrected chi connectivity index (χ4v) is 3.19. The largest absolute Gasteiger partial charge is 0.491 e. The van der Waals surface area contributed by atoms with E-state index < -0.39 is 0 Å². The predicted octanol–water partition coefficient (Wildman–Crippen LogP) is 3.47. The van der Waals surface area contributed by atoms with Crippen LogP contribution in [0.2, 0.25) is 0 Å². The Hall–Kier alpha value is -1.10. The molecule has 0 radical (unpaired) electrons. The molecule has 1 aromatic rings. The molecular formula is C20H33NO3. The van der Waals surface area contributed by atoms with Crippen molar-refractivity contribution < 1.29 is 14.6 Å². The minimum absolute atomic E-state index is 0.0445. The Kier molecular flexibility index (Phi) is 8.03. The quantitative estimate of drug-likeness (QED) is 0.750. The highest BCUT2D eigenvalue weighted by molar-refractivity contribution is 5.28. The maximum absolute atomic E-state index is 8.89. The number of rotatable bonds is 9. The summed E-state index contributed by atoms with van der Waals surface area (Å²) in [7, 11) is 0. The molecule has 1 aliphatic rings. The van der Waals surface area contributed by atoms with Gasteiger partial charge in [-0.05, 0) is 30.0 Å². The second kappa shape index (κ2) is 10.0. The van der Waals surface area contributed by atoms with Crippen molar-refractivity contribution in [1.82, 2.24) is 4.90 Å². The van der Waals surface area contributed by atoms with Crippen LogP contribution in [0.4, 0.5) is 0 Å². The predicted molar refractivity (Wildman–Crippen MR) is 97.3 cm³/mol. The maximum Gasteiger partial charge on any atom is 0.119 e. The number of ether oxygens (including phenoxy) is 2. The van der Waals surface area contributed by atoms with Crippen LogP contribution in [0, 0.1) is 5.92 Å². The third-order valence-electron chi connectivity index (χ3n) is 4.56. The molecule has 0 bridgehead atoms. The number of hydrogen-bond acceptors (Lipinski definition) is 4. The summed E-state index contributed by atoms with van der Waals surface area (Å²) in [6.07, 6.45) is 4.26. The lowest BCUT2D eigenvalue weighted by Crippen LogP contribution is -2.48. The average Bonchev–Trinajstić information content (AvgIpc) is 2.58. The third kappa shape index (κ3) is 6.08. The topological polar surface area (TPSA) is 41.9 Å². The van der Waals surface area contributed by atoms with Crippen molar-refractivity contribution in [3.05, 3.63) is 29.8 Å². The van der Waals surface area contributed by atoms with Crippen LogP contribution >= 0.6 is 0 Å². The average molecular weight is 335 g/mol. The Morgan fingerprint density at radius 2 is 2.17 bits per heavy atom. The maximum atomic E-state index is 8.89. The van der Waals surface area contributed by atoms with Gasteiger partial charge in [0.25, 0.3) is 0 Å². The SMILES string of the molecule is CCCC[C@@H]1CN(Cc2cccc(OCCO)c2)C[C@H](C(C)C)O1. The van der Waals surface area contributed by atoms with E-state index in [9.17, 15) is 0 Å². The molecule has 1 aromatic carbocycles. The molecule has 1 aliphatic heterocycles. The first kappa shape index (κ1) is 19.2. The van der Waals surface area contributed by atoms with Gasteiger partial charge in [-0.15, -0.1) is 0 Å². The van der Waals surface area contributed by atoms with Crippen LogP contribution in [0.3, 0.4) is 0 Å². The molecule has 0 spiro atoms. The van der Waals surface area contributed by atoms with E-state index in [1.807, 2.05) is 12.1 Å². The normalized spacial score (nSPS) is 22.0. The number of aliphatic hydroxyl groups is 1. The molecule has 24 heavy (non-hydrogen) atoms. The van der Waals surface area contributed by atoms with Crippen molar-refractivity contribution >= 4 is 0 Å². The molecular weight excluding hydrogens is 302 g/mol. The van der Waals surface area contributed by atoms with E-state index in [-0.39, 0.29) is 6.61 Å². The van der Waals surface area contributed by atoms with Crippen LogP contribution in [0.25, 0.3) is 0 Å². The van der Waals surface area contributed by atoms with Gasteiger partial charge in [-0.25, -0.2) is 0 Å². The van der Waals surface area contributed by atoms with Crippen molar-refractivity contribution in [1.29, 1.82) is 0 Å². The highest BCUT2D eigenvalue weighted by Gasteiger charge is 2.29. The summed E-state index contributed by atoms with van der Waals surface area (Å²) in [5.41, 5.74) is 1.25. The van der Waals surface area contributed by atoms with Crippen molar-refractivity contribution in [3.8, 4) is 5.75 Å².